The third-order valence-corrected chi connectivity index (χ3v) is 1.51. The van der Waals surface area contributed by atoms with Crippen molar-refractivity contribution in [2.45, 2.75) is 6.04 Å². The monoisotopic (exact) mass is 134 g/mol. The molecule has 0 aliphatic carbocycles. The highest BCUT2D eigenvalue weighted by molar-refractivity contribution is 5.93. The van der Waals surface area contributed by atoms with E-state index in [9.17, 15) is 0 Å². The Morgan fingerprint density at radius 2 is 2.40 bits per heavy atom. The van der Waals surface area contributed by atoms with Gasteiger partial charge in [0.25, 0.3) is 0 Å². The zero-order valence-electron chi connectivity index (χ0n) is 5.23. The average molecular weight is 134 g/mol. The van der Waals surface area contributed by atoms with Gasteiger partial charge in [-0.25, -0.2) is 4.99 Å². The Bertz CT molecular complexity index is 273. The van der Waals surface area contributed by atoms with E-state index in [-0.39, 0.29) is 11.9 Å². The van der Waals surface area contributed by atoms with E-state index in [1.807, 2.05) is 6.08 Å². The number of hydrogen-bond acceptors (Lipinski definition) is 3. The highest BCUT2D eigenvalue weighted by Gasteiger charge is 2.15. The number of fused-ring (bicyclic) bond motifs is 1. The molecule has 0 radical (unpaired) electrons. The van der Waals surface area contributed by atoms with Crippen molar-refractivity contribution in [3.63, 3.8) is 0 Å². The van der Waals surface area contributed by atoms with Crippen molar-refractivity contribution in [1.82, 2.24) is 0 Å². The van der Waals surface area contributed by atoms with Crippen molar-refractivity contribution >= 4 is 12.4 Å². The van der Waals surface area contributed by atoms with Crippen molar-refractivity contribution in [2.24, 2.45) is 9.98 Å². The number of hydrogen-bond donors (Lipinski definition) is 1. The summed E-state index contributed by atoms with van der Waals surface area (Å²) in [5.41, 5.74) is 1.04. The van der Waals surface area contributed by atoms with Crippen LogP contribution < -0.4 is 0 Å². The number of aliphatic imine (C=N–C) groups is 2. The number of aliphatic hydroxyl groups is 1. The van der Waals surface area contributed by atoms with Gasteiger partial charge in [0.2, 0.25) is 5.88 Å². The lowest BCUT2D eigenvalue weighted by Gasteiger charge is -2.07. The van der Waals surface area contributed by atoms with E-state index in [0.29, 0.717) is 0 Å². The number of allylic oxidation sites excluding steroid dienone is 1. The smallest absolute Gasteiger partial charge is 0.209 e. The van der Waals surface area contributed by atoms with Crippen LogP contribution in [0.1, 0.15) is 0 Å². The summed E-state index contributed by atoms with van der Waals surface area (Å²) in [5.74, 6) is 0.0567. The molecule has 0 unspecified atom stereocenters. The molecule has 3 nitrogen and oxygen atoms in total. The van der Waals surface area contributed by atoms with Gasteiger partial charge in [-0.1, -0.05) is 0 Å². The standard InChI is InChI=1S/C7H6N2O/c10-7-3-6-5(4-9-7)1-2-8-6/h1-4,6,10H/t6-/m0/s1. The highest BCUT2D eigenvalue weighted by Crippen LogP contribution is 2.16. The summed E-state index contributed by atoms with van der Waals surface area (Å²) in [5, 5.41) is 8.92. The third-order valence-electron chi connectivity index (χ3n) is 1.51. The van der Waals surface area contributed by atoms with Crippen LogP contribution in [-0.4, -0.2) is 23.6 Å². The van der Waals surface area contributed by atoms with Gasteiger partial charge < -0.3 is 5.11 Å². The van der Waals surface area contributed by atoms with Crippen LogP contribution in [0.2, 0.25) is 0 Å². The molecule has 2 rings (SSSR count). The van der Waals surface area contributed by atoms with E-state index in [2.05, 4.69) is 9.98 Å². The van der Waals surface area contributed by atoms with Crippen molar-refractivity contribution in [3.05, 3.63) is 23.6 Å². The van der Waals surface area contributed by atoms with E-state index >= 15 is 0 Å². The second kappa shape index (κ2) is 1.80. The first-order chi connectivity index (χ1) is 4.86. The average Bonchev–Trinajstić information content (AvgIpc) is 2.33. The molecule has 50 valence electrons. The molecule has 0 saturated heterocycles. The van der Waals surface area contributed by atoms with E-state index < -0.39 is 0 Å². The molecule has 2 aliphatic rings. The van der Waals surface area contributed by atoms with Crippen LogP contribution in [0.25, 0.3) is 0 Å². The van der Waals surface area contributed by atoms with Crippen molar-refractivity contribution in [3.8, 4) is 0 Å². The summed E-state index contributed by atoms with van der Waals surface area (Å²) < 4.78 is 0. The molecule has 0 aromatic rings. The van der Waals surface area contributed by atoms with Crippen LogP contribution in [0.15, 0.2) is 33.6 Å². The largest absolute Gasteiger partial charge is 0.493 e. The second-order valence-corrected chi connectivity index (χ2v) is 2.19. The van der Waals surface area contributed by atoms with Gasteiger partial charge in [0.1, 0.15) is 0 Å². The molecule has 0 fully saturated rings. The maximum Gasteiger partial charge on any atom is 0.209 e. The van der Waals surface area contributed by atoms with Gasteiger partial charge in [-0.05, 0) is 6.08 Å². The summed E-state index contributed by atoms with van der Waals surface area (Å²) in [6.45, 7) is 0. The van der Waals surface area contributed by atoms with Crippen LogP contribution in [0.3, 0.4) is 0 Å². The SMILES string of the molecule is OC1=C[C@@H]2N=CC=C2C=N1. The van der Waals surface area contributed by atoms with E-state index in [4.69, 9.17) is 5.11 Å². The summed E-state index contributed by atoms with van der Waals surface area (Å²) in [6.07, 6.45) is 6.86. The van der Waals surface area contributed by atoms with Crippen molar-refractivity contribution in [1.29, 1.82) is 0 Å². The fraction of sp³-hybridized carbons (Fsp3) is 0.143. The second-order valence-electron chi connectivity index (χ2n) is 2.19. The topological polar surface area (TPSA) is 45.0 Å². The maximum atomic E-state index is 8.92. The molecule has 3 heteroatoms. The first-order valence-corrected chi connectivity index (χ1v) is 3.04. The molecular weight excluding hydrogens is 128 g/mol. The lowest BCUT2D eigenvalue weighted by atomic mass is 10.1. The summed E-state index contributed by atoms with van der Waals surface area (Å²) in [6, 6.07) is 0.0116. The van der Waals surface area contributed by atoms with Crippen LogP contribution in [0.4, 0.5) is 0 Å². The fourth-order valence-corrected chi connectivity index (χ4v) is 0.990. The Morgan fingerprint density at radius 1 is 1.50 bits per heavy atom. The molecular formula is C7H6N2O. The number of nitrogens with zero attached hydrogens (tertiary/aromatic N) is 2. The normalized spacial score (nSPS) is 27.8. The Kier molecular flexibility index (Phi) is 0.974. The van der Waals surface area contributed by atoms with Gasteiger partial charge >= 0.3 is 0 Å². The van der Waals surface area contributed by atoms with Gasteiger partial charge in [-0.2, -0.15) is 0 Å². The predicted molar refractivity (Wildman–Crippen MR) is 39.6 cm³/mol. The lowest BCUT2D eigenvalue weighted by molar-refractivity contribution is 0.402. The number of aliphatic hydroxyl groups excluding tert-OH is 1. The molecule has 0 spiro atoms. The summed E-state index contributed by atoms with van der Waals surface area (Å²) in [4.78, 5) is 7.78. The van der Waals surface area contributed by atoms with Crippen molar-refractivity contribution < 1.29 is 5.11 Å². The number of rotatable bonds is 0. The molecule has 0 aromatic heterocycles. The van der Waals surface area contributed by atoms with Crippen LogP contribution in [-0.2, 0) is 0 Å². The summed E-state index contributed by atoms with van der Waals surface area (Å²) in [7, 11) is 0. The molecule has 10 heavy (non-hydrogen) atoms. The Hall–Kier alpha value is -1.38. The fourth-order valence-electron chi connectivity index (χ4n) is 0.990. The minimum Gasteiger partial charge on any atom is -0.493 e. The zero-order valence-corrected chi connectivity index (χ0v) is 5.23. The third kappa shape index (κ3) is 0.673. The van der Waals surface area contributed by atoms with Crippen LogP contribution in [0, 0.1) is 0 Å². The lowest BCUT2D eigenvalue weighted by Crippen LogP contribution is -2.07. The van der Waals surface area contributed by atoms with Gasteiger partial charge in [0.15, 0.2) is 0 Å². The van der Waals surface area contributed by atoms with E-state index in [0.717, 1.165) is 5.57 Å². The first-order valence-electron chi connectivity index (χ1n) is 3.04. The molecule has 2 heterocycles. The Labute approximate surface area is 58.1 Å². The minimum absolute atomic E-state index is 0.0116. The highest BCUT2D eigenvalue weighted by atomic mass is 16.3. The quantitative estimate of drug-likeness (QED) is 0.524. The van der Waals surface area contributed by atoms with E-state index in [1.54, 1.807) is 18.5 Å². The van der Waals surface area contributed by atoms with Crippen LogP contribution in [0.5, 0.6) is 0 Å². The van der Waals surface area contributed by atoms with Gasteiger partial charge in [0.05, 0.1) is 6.04 Å². The molecule has 1 N–H and O–H groups in total. The Morgan fingerprint density at radius 3 is 3.30 bits per heavy atom. The zero-order chi connectivity index (χ0) is 6.97. The molecule has 0 aromatic carbocycles. The first kappa shape index (κ1) is 5.41. The van der Waals surface area contributed by atoms with Crippen molar-refractivity contribution in [2.75, 3.05) is 0 Å². The minimum atomic E-state index is 0.0116. The predicted octanol–water partition coefficient (Wildman–Crippen LogP) is 0.850. The summed E-state index contributed by atoms with van der Waals surface area (Å²) >= 11 is 0. The maximum absolute atomic E-state index is 8.92. The van der Waals surface area contributed by atoms with Gasteiger partial charge in [-0.3, -0.25) is 4.99 Å². The molecule has 0 saturated carbocycles. The van der Waals surface area contributed by atoms with Gasteiger partial charge in [0, 0.05) is 24.1 Å². The molecule has 0 amide bonds. The molecule has 1 atom stereocenters. The van der Waals surface area contributed by atoms with E-state index in [1.165, 1.54) is 0 Å². The van der Waals surface area contributed by atoms with Crippen LogP contribution >= 0.6 is 0 Å². The van der Waals surface area contributed by atoms with Gasteiger partial charge in [-0.15, -0.1) is 0 Å². The molecule has 0 bridgehead atoms. The molecule has 2 aliphatic heterocycles. The Balaban J connectivity index is 2.39.